The fourth-order valence-corrected chi connectivity index (χ4v) is 4.29. The maximum Gasteiger partial charge on any atom is 0.240 e. The molecule has 1 aliphatic carbocycles. The average molecular weight is 402 g/mol. The van der Waals surface area contributed by atoms with Gasteiger partial charge in [-0.1, -0.05) is 31.2 Å². The van der Waals surface area contributed by atoms with Gasteiger partial charge in [0.2, 0.25) is 11.8 Å². The number of thioether (sulfide) groups is 1. The lowest BCUT2D eigenvalue weighted by molar-refractivity contribution is -0.122. The number of benzene rings is 1. The van der Waals surface area contributed by atoms with E-state index in [0.29, 0.717) is 10.9 Å². The SMILES string of the molecule is CC1=CC(=NN=C2NC(=O)C(CC(=O)Nc3ccc(F)cc3)S2)CC(C)(C)C1. The molecule has 0 aromatic heterocycles. The highest BCUT2D eigenvalue weighted by Gasteiger charge is 2.32. The van der Waals surface area contributed by atoms with Crippen LogP contribution in [0.5, 0.6) is 0 Å². The first-order valence-corrected chi connectivity index (χ1v) is 9.93. The van der Waals surface area contributed by atoms with E-state index in [9.17, 15) is 14.0 Å². The molecule has 1 aromatic rings. The molecule has 6 nitrogen and oxygen atoms in total. The highest BCUT2D eigenvalue weighted by molar-refractivity contribution is 8.15. The van der Waals surface area contributed by atoms with Crippen LogP contribution in [0.1, 0.15) is 40.0 Å². The molecule has 0 bridgehead atoms. The number of carbonyl (C=O) groups excluding carboxylic acids is 2. The van der Waals surface area contributed by atoms with Gasteiger partial charge in [-0.2, -0.15) is 5.10 Å². The highest BCUT2D eigenvalue weighted by Crippen LogP contribution is 2.34. The monoisotopic (exact) mass is 402 g/mol. The van der Waals surface area contributed by atoms with Crippen molar-refractivity contribution in [1.82, 2.24) is 5.32 Å². The summed E-state index contributed by atoms with van der Waals surface area (Å²) in [4.78, 5) is 24.3. The number of carbonyl (C=O) groups is 2. The summed E-state index contributed by atoms with van der Waals surface area (Å²) >= 11 is 1.19. The molecule has 2 N–H and O–H groups in total. The minimum atomic E-state index is -0.570. The van der Waals surface area contributed by atoms with Crippen LogP contribution in [0.2, 0.25) is 0 Å². The molecular formula is C20H23FN4O2S. The van der Waals surface area contributed by atoms with Crippen molar-refractivity contribution in [2.45, 2.75) is 45.3 Å². The molecule has 1 unspecified atom stereocenters. The van der Waals surface area contributed by atoms with Gasteiger partial charge in [0.05, 0.1) is 5.71 Å². The zero-order chi connectivity index (χ0) is 20.3. The molecule has 8 heteroatoms. The number of allylic oxidation sites excluding steroid dienone is 2. The van der Waals surface area contributed by atoms with Crippen LogP contribution in [0, 0.1) is 11.2 Å². The van der Waals surface area contributed by atoms with Crippen molar-refractivity contribution in [1.29, 1.82) is 0 Å². The van der Waals surface area contributed by atoms with Gasteiger partial charge in [0, 0.05) is 12.1 Å². The third-order valence-corrected chi connectivity index (χ3v) is 5.45. The van der Waals surface area contributed by atoms with E-state index in [0.717, 1.165) is 18.6 Å². The minimum absolute atomic E-state index is 0.00445. The Kier molecular flexibility index (Phi) is 5.98. The normalized spacial score (nSPS) is 24.2. The molecule has 2 amide bonds. The van der Waals surface area contributed by atoms with E-state index >= 15 is 0 Å². The summed E-state index contributed by atoms with van der Waals surface area (Å²) in [6.45, 7) is 6.45. The molecule has 1 fully saturated rings. The molecular weight excluding hydrogens is 379 g/mol. The van der Waals surface area contributed by atoms with Gasteiger partial charge in [-0.25, -0.2) is 4.39 Å². The van der Waals surface area contributed by atoms with Gasteiger partial charge in [0.1, 0.15) is 11.1 Å². The average Bonchev–Trinajstić information content (AvgIpc) is 2.93. The Morgan fingerprint density at radius 2 is 2.00 bits per heavy atom. The zero-order valence-corrected chi connectivity index (χ0v) is 16.9. The van der Waals surface area contributed by atoms with Crippen LogP contribution in [0.15, 0.2) is 46.1 Å². The van der Waals surface area contributed by atoms with Crippen LogP contribution in [-0.2, 0) is 9.59 Å². The Hall–Kier alpha value is -2.48. The molecule has 1 heterocycles. The lowest BCUT2D eigenvalue weighted by atomic mass is 9.77. The fraction of sp³-hybridized carbons (Fsp3) is 0.400. The van der Waals surface area contributed by atoms with E-state index in [4.69, 9.17) is 0 Å². The second kappa shape index (κ2) is 8.26. The first-order valence-electron chi connectivity index (χ1n) is 9.05. The molecule has 0 spiro atoms. The van der Waals surface area contributed by atoms with Gasteiger partial charge in [0.25, 0.3) is 0 Å². The van der Waals surface area contributed by atoms with Crippen molar-refractivity contribution in [3.05, 3.63) is 41.7 Å². The molecule has 1 saturated heterocycles. The van der Waals surface area contributed by atoms with Gasteiger partial charge >= 0.3 is 0 Å². The van der Waals surface area contributed by atoms with Crippen LogP contribution in [0.25, 0.3) is 0 Å². The molecule has 28 heavy (non-hydrogen) atoms. The quantitative estimate of drug-likeness (QED) is 0.750. The topological polar surface area (TPSA) is 82.9 Å². The van der Waals surface area contributed by atoms with E-state index in [1.807, 2.05) is 6.08 Å². The van der Waals surface area contributed by atoms with E-state index in [1.165, 1.54) is 41.6 Å². The summed E-state index contributed by atoms with van der Waals surface area (Å²) in [5.74, 6) is -0.967. The standard InChI is InChI=1S/C20H23FN4O2S/c1-12-8-15(11-20(2,3)10-12)24-25-19-23-18(27)16(28-19)9-17(26)22-14-6-4-13(21)5-7-14/h4-8,16H,9-11H2,1-3H3,(H,22,26)(H,23,25,27). The van der Waals surface area contributed by atoms with Crippen molar-refractivity contribution in [2.75, 3.05) is 5.32 Å². The van der Waals surface area contributed by atoms with Crippen LogP contribution in [0.3, 0.4) is 0 Å². The van der Waals surface area contributed by atoms with Crippen LogP contribution < -0.4 is 10.6 Å². The smallest absolute Gasteiger partial charge is 0.240 e. The van der Waals surface area contributed by atoms with Crippen molar-refractivity contribution < 1.29 is 14.0 Å². The molecule has 3 rings (SSSR count). The van der Waals surface area contributed by atoms with Gasteiger partial charge in [-0.15, -0.1) is 5.10 Å². The predicted molar refractivity (Wildman–Crippen MR) is 111 cm³/mol. The number of rotatable bonds is 4. The first kappa shape index (κ1) is 20.3. The molecule has 2 aliphatic rings. The summed E-state index contributed by atoms with van der Waals surface area (Å²) < 4.78 is 12.9. The Labute approximate surface area is 167 Å². The summed E-state index contributed by atoms with van der Waals surface area (Å²) in [6, 6.07) is 5.47. The third kappa shape index (κ3) is 5.51. The number of amides is 2. The van der Waals surface area contributed by atoms with E-state index in [-0.39, 0.29) is 29.5 Å². The molecule has 1 atom stereocenters. The highest BCUT2D eigenvalue weighted by atomic mass is 32.2. The van der Waals surface area contributed by atoms with Crippen LogP contribution in [-0.4, -0.2) is 27.9 Å². The van der Waals surface area contributed by atoms with Crippen molar-refractivity contribution in [3.63, 3.8) is 0 Å². The van der Waals surface area contributed by atoms with Crippen LogP contribution >= 0.6 is 11.8 Å². The van der Waals surface area contributed by atoms with Gasteiger partial charge in [0.15, 0.2) is 5.17 Å². The number of hydrogen-bond acceptors (Lipinski definition) is 5. The number of halogens is 1. The summed E-state index contributed by atoms with van der Waals surface area (Å²) in [5, 5.41) is 13.6. The summed E-state index contributed by atoms with van der Waals surface area (Å²) in [5.41, 5.74) is 2.77. The number of anilines is 1. The lowest BCUT2D eigenvalue weighted by Crippen LogP contribution is -2.28. The Balaban J connectivity index is 1.59. The van der Waals surface area contributed by atoms with Gasteiger partial charge in [-0.3, -0.25) is 9.59 Å². The fourth-order valence-electron chi connectivity index (χ4n) is 3.37. The molecule has 0 saturated carbocycles. The molecule has 1 aliphatic heterocycles. The van der Waals surface area contributed by atoms with E-state index < -0.39 is 5.25 Å². The molecule has 1 aromatic carbocycles. The third-order valence-electron chi connectivity index (χ3n) is 4.37. The Morgan fingerprint density at radius 3 is 2.68 bits per heavy atom. The number of amidine groups is 1. The number of hydrogen-bond donors (Lipinski definition) is 2. The largest absolute Gasteiger partial charge is 0.326 e. The van der Waals surface area contributed by atoms with Crippen molar-refractivity contribution in [2.24, 2.45) is 15.6 Å². The van der Waals surface area contributed by atoms with Crippen molar-refractivity contribution >= 4 is 40.1 Å². The zero-order valence-electron chi connectivity index (χ0n) is 16.1. The van der Waals surface area contributed by atoms with Gasteiger partial charge < -0.3 is 10.6 Å². The molecule has 0 radical (unpaired) electrons. The second-order valence-corrected chi connectivity index (χ2v) is 9.05. The summed E-state index contributed by atoms with van der Waals surface area (Å²) in [6.07, 6.45) is 3.88. The summed E-state index contributed by atoms with van der Waals surface area (Å²) in [7, 11) is 0. The maximum absolute atomic E-state index is 12.9. The van der Waals surface area contributed by atoms with Crippen molar-refractivity contribution in [3.8, 4) is 0 Å². The van der Waals surface area contributed by atoms with Crippen LogP contribution in [0.4, 0.5) is 10.1 Å². The van der Waals surface area contributed by atoms with E-state index in [1.54, 1.807) is 0 Å². The Bertz CT molecular complexity index is 875. The Morgan fingerprint density at radius 1 is 1.29 bits per heavy atom. The van der Waals surface area contributed by atoms with Gasteiger partial charge in [-0.05, 0) is 55.5 Å². The van der Waals surface area contributed by atoms with E-state index in [2.05, 4.69) is 41.6 Å². The number of nitrogens with one attached hydrogen (secondary N) is 2. The maximum atomic E-state index is 12.9. The molecule has 148 valence electrons. The minimum Gasteiger partial charge on any atom is -0.326 e. The first-order chi connectivity index (χ1) is 13.2. The predicted octanol–water partition coefficient (Wildman–Crippen LogP) is 3.86. The lowest BCUT2D eigenvalue weighted by Gasteiger charge is -2.28. The second-order valence-electron chi connectivity index (χ2n) is 7.86. The number of nitrogens with zero attached hydrogens (tertiary/aromatic N) is 2.